The maximum Gasteiger partial charge on any atom is 0.435 e. The van der Waals surface area contributed by atoms with Gasteiger partial charge in [0, 0.05) is 29.8 Å². The second-order valence-electron chi connectivity index (χ2n) is 7.78. The highest BCUT2D eigenvalue weighted by molar-refractivity contribution is 5.97. The SMILES string of the molecule is CCc1cc(Nc2nccn3c(-c4cn(CC#N)nc4C(F)(F)F)cnc23)ccc1C(=O)NCC(=O)O. The molecule has 3 heterocycles. The number of aliphatic carboxylic acids is 1. The van der Waals surface area contributed by atoms with Gasteiger partial charge in [-0.2, -0.15) is 23.5 Å². The number of benzene rings is 1. The Morgan fingerprint density at radius 2 is 2.03 bits per heavy atom. The van der Waals surface area contributed by atoms with E-state index in [-0.39, 0.29) is 29.3 Å². The summed E-state index contributed by atoms with van der Waals surface area (Å²) in [5.74, 6) is -1.44. The van der Waals surface area contributed by atoms with E-state index in [1.165, 1.54) is 29.1 Å². The van der Waals surface area contributed by atoms with Crippen molar-refractivity contribution >= 4 is 29.0 Å². The maximum atomic E-state index is 13.6. The molecule has 190 valence electrons. The number of rotatable bonds is 8. The molecule has 0 saturated heterocycles. The summed E-state index contributed by atoms with van der Waals surface area (Å²) in [5.41, 5.74) is 0.463. The molecule has 0 fully saturated rings. The number of carboxylic acid groups (broad SMARTS) is 1. The summed E-state index contributed by atoms with van der Waals surface area (Å²) in [6, 6.07) is 6.59. The van der Waals surface area contributed by atoms with Crippen molar-refractivity contribution in [2.75, 3.05) is 11.9 Å². The van der Waals surface area contributed by atoms with E-state index in [1.807, 2.05) is 6.92 Å². The van der Waals surface area contributed by atoms with Crippen LogP contribution in [-0.2, 0) is 23.9 Å². The monoisotopic (exact) mass is 512 g/mol. The van der Waals surface area contributed by atoms with Crippen LogP contribution in [0.2, 0.25) is 0 Å². The highest BCUT2D eigenvalue weighted by Gasteiger charge is 2.38. The lowest BCUT2D eigenvalue weighted by Gasteiger charge is -2.12. The zero-order valence-electron chi connectivity index (χ0n) is 19.2. The minimum Gasteiger partial charge on any atom is -0.480 e. The van der Waals surface area contributed by atoms with E-state index >= 15 is 0 Å². The molecule has 37 heavy (non-hydrogen) atoms. The van der Waals surface area contributed by atoms with Crippen molar-refractivity contribution in [1.29, 1.82) is 5.26 Å². The van der Waals surface area contributed by atoms with E-state index in [0.717, 1.165) is 10.9 Å². The Morgan fingerprint density at radius 1 is 1.24 bits per heavy atom. The van der Waals surface area contributed by atoms with E-state index in [4.69, 9.17) is 10.4 Å². The predicted octanol–water partition coefficient (Wildman–Crippen LogP) is 3.26. The van der Waals surface area contributed by atoms with Gasteiger partial charge in [-0.15, -0.1) is 0 Å². The third-order valence-corrected chi connectivity index (χ3v) is 5.36. The number of halogens is 3. The van der Waals surface area contributed by atoms with Crippen molar-refractivity contribution < 1.29 is 27.9 Å². The summed E-state index contributed by atoms with van der Waals surface area (Å²) >= 11 is 0. The molecule has 0 saturated carbocycles. The van der Waals surface area contributed by atoms with Gasteiger partial charge in [-0.3, -0.25) is 18.7 Å². The van der Waals surface area contributed by atoms with Crippen LogP contribution >= 0.6 is 0 Å². The number of aromatic nitrogens is 5. The lowest BCUT2D eigenvalue weighted by molar-refractivity contribution is -0.141. The molecule has 0 aliphatic carbocycles. The second-order valence-corrected chi connectivity index (χ2v) is 7.78. The lowest BCUT2D eigenvalue weighted by Crippen LogP contribution is -2.29. The molecule has 3 aromatic heterocycles. The van der Waals surface area contributed by atoms with Crippen molar-refractivity contribution in [2.45, 2.75) is 26.1 Å². The molecule has 4 rings (SSSR count). The van der Waals surface area contributed by atoms with Crippen LogP contribution in [0, 0.1) is 11.3 Å². The van der Waals surface area contributed by atoms with Crippen LogP contribution in [0.25, 0.3) is 16.9 Å². The topological polar surface area (TPSA) is 150 Å². The molecular formula is C23H19F3N8O3. The van der Waals surface area contributed by atoms with Gasteiger partial charge in [0.15, 0.2) is 17.2 Å². The summed E-state index contributed by atoms with van der Waals surface area (Å²) in [4.78, 5) is 31.6. The number of carboxylic acids is 1. The zero-order chi connectivity index (χ0) is 26.7. The molecule has 0 aliphatic heterocycles. The number of carbonyl (C=O) groups excluding carboxylic acids is 1. The Hall–Kier alpha value is -4.93. The highest BCUT2D eigenvalue weighted by atomic mass is 19.4. The lowest BCUT2D eigenvalue weighted by atomic mass is 10.0. The number of anilines is 2. The van der Waals surface area contributed by atoms with E-state index in [1.54, 1.807) is 18.2 Å². The Balaban J connectivity index is 1.69. The number of nitrogens with zero attached hydrogens (tertiary/aromatic N) is 6. The molecule has 0 radical (unpaired) electrons. The zero-order valence-corrected chi connectivity index (χ0v) is 19.2. The summed E-state index contributed by atoms with van der Waals surface area (Å²) < 4.78 is 43.3. The van der Waals surface area contributed by atoms with Crippen molar-refractivity contribution in [2.24, 2.45) is 0 Å². The fourth-order valence-electron chi connectivity index (χ4n) is 3.75. The quantitative estimate of drug-likeness (QED) is 0.326. The first-order valence-electron chi connectivity index (χ1n) is 10.9. The summed E-state index contributed by atoms with van der Waals surface area (Å²) in [5, 5.41) is 26.5. The van der Waals surface area contributed by atoms with Crippen LogP contribution in [0.15, 0.2) is 43.0 Å². The fourth-order valence-corrected chi connectivity index (χ4v) is 3.75. The molecule has 0 bridgehead atoms. The third-order valence-electron chi connectivity index (χ3n) is 5.36. The van der Waals surface area contributed by atoms with Crippen molar-refractivity contribution in [3.63, 3.8) is 0 Å². The van der Waals surface area contributed by atoms with Crippen molar-refractivity contribution in [3.8, 4) is 17.3 Å². The van der Waals surface area contributed by atoms with Crippen LogP contribution in [-0.4, -0.2) is 47.7 Å². The van der Waals surface area contributed by atoms with Gasteiger partial charge >= 0.3 is 12.1 Å². The van der Waals surface area contributed by atoms with E-state index < -0.39 is 30.3 Å². The average molecular weight is 512 g/mol. The van der Waals surface area contributed by atoms with Crippen molar-refractivity contribution in [3.05, 3.63) is 59.8 Å². The molecule has 1 amide bonds. The third kappa shape index (κ3) is 5.20. The number of amides is 1. The standard InChI is InChI=1S/C23H19F3N8O3/c1-2-13-9-14(3-4-15(13)22(37)30-11-18(35)36)31-20-21-29-10-17(34(21)8-6-28-20)16-12-33(7-5-27)32-19(16)23(24,25)26/h3-4,6,8-10,12H,2,7,11H2,1H3,(H,28,31)(H,30,37)(H,35,36). The highest BCUT2D eigenvalue weighted by Crippen LogP contribution is 2.37. The summed E-state index contributed by atoms with van der Waals surface area (Å²) in [7, 11) is 0. The van der Waals surface area contributed by atoms with E-state index in [2.05, 4.69) is 25.7 Å². The number of aryl methyl sites for hydroxylation is 1. The summed E-state index contributed by atoms with van der Waals surface area (Å²) in [6.07, 6.45) is 0.982. The first kappa shape index (κ1) is 25.2. The predicted molar refractivity (Wildman–Crippen MR) is 124 cm³/mol. The molecule has 0 unspecified atom stereocenters. The first-order chi connectivity index (χ1) is 17.6. The van der Waals surface area contributed by atoms with Gasteiger partial charge in [-0.25, -0.2) is 9.97 Å². The minimum atomic E-state index is -4.75. The first-order valence-corrected chi connectivity index (χ1v) is 10.9. The van der Waals surface area contributed by atoms with Crippen LogP contribution in [0.5, 0.6) is 0 Å². The number of hydrogen-bond donors (Lipinski definition) is 3. The Labute approximate surface area is 207 Å². The number of alkyl halides is 3. The van der Waals surface area contributed by atoms with E-state index in [0.29, 0.717) is 23.2 Å². The number of nitriles is 1. The van der Waals surface area contributed by atoms with Gasteiger partial charge < -0.3 is 15.7 Å². The molecule has 1 aromatic carbocycles. The Bertz CT molecular complexity index is 1530. The largest absolute Gasteiger partial charge is 0.480 e. The van der Waals surface area contributed by atoms with Crippen LogP contribution in [0.3, 0.4) is 0 Å². The number of carbonyl (C=O) groups is 2. The molecule has 3 N–H and O–H groups in total. The van der Waals surface area contributed by atoms with Crippen LogP contribution in [0.1, 0.15) is 28.5 Å². The van der Waals surface area contributed by atoms with Gasteiger partial charge in [0.1, 0.15) is 13.1 Å². The molecule has 14 heteroatoms. The second kappa shape index (κ2) is 9.97. The molecule has 0 spiro atoms. The van der Waals surface area contributed by atoms with Crippen LogP contribution < -0.4 is 10.6 Å². The van der Waals surface area contributed by atoms with Crippen molar-refractivity contribution in [1.82, 2.24) is 29.5 Å². The Kier molecular flexibility index (Phi) is 6.79. The molecule has 11 nitrogen and oxygen atoms in total. The van der Waals surface area contributed by atoms with Gasteiger partial charge in [-0.1, -0.05) is 6.92 Å². The molecule has 0 atom stereocenters. The van der Waals surface area contributed by atoms with Crippen LogP contribution in [0.4, 0.5) is 24.7 Å². The average Bonchev–Trinajstić information content (AvgIpc) is 3.47. The smallest absolute Gasteiger partial charge is 0.435 e. The fraction of sp³-hybridized carbons (Fsp3) is 0.217. The number of imidazole rings is 1. The van der Waals surface area contributed by atoms with Gasteiger partial charge in [0.2, 0.25) is 0 Å². The normalized spacial score (nSPS) is 11.3. The minimum absolute atomic E-state index is 0.108. The molecular weight excluding hydrogens is 493 g/mol. The molecule has 0 aliphatic rings. The number of fused-ring (bicyclic) bond motifs is 1. The number of nitrogens with one attached hydrogen (secondary N) is 2. The van der Waals surface area contributed by atoms with Gasteiger partial charge in [0.05, 0.1) is 23.5 Å². The summed E-state index contributed by atoms with van der Waals surface area (Å²) in [6.45, 7) is 0.970. The Morgan fingerprint density at radius 3 is 2.70 bits per heavy atom. The van der Waals surface area contributed by atoms with Gasteiger partial charge in [0.25, 0.3) is 5.91 Å². The van der Waals surface area contributed by atoms with E-state index in [9.17, 15) is 22.8 Å². The maximum absolute atomic E-state index is 13.6. The molecule has 4 aromatic rings. The number of hydrogen-bond acceptors (Lipinski definition) is 7. The van der Waals surface area contributed by atoms with Gasteiger partial charge in [-0.05, 0) is 30.2 Å².